The summed E-state index contributed by atoms with van der Waals surface area (Å²) >= 11 is 0. The van der Waals surface area contributed by atoms with Crippen molar-refractivity contribution >= 4 is 22.8 Å². The number of unbranched alkanes of at least 4 members (excludes halogenated alkanes) is 28. The van der Waals surface area contributed by atoms with Gasteiger partial charge in [0.25, 0.3) is 0 Å². The Hall–Kier alpha value is -1.99. The van der Waals surface area contributed by atoms with E-state index in [1.165, 1.54) is 242 Å². The van der Waals surface area contributed by atoms with E-state index in [9.17, 15) is 0 Å². The Morgan fingerprint density at radius 2 is 0.688 bits per heavy atom. The quantitative estimate of drug-likeness (QED) is 0.0360. The average molecular weight is 924 g/mol. The minimum absolute atomic E-state index is 0. The van der Waals surface area contributed by atoms with Crippen LogP contribution < -0.4 is 0 Å². The minimum atomic E-state index is 0. The minimum Gasteiger partial charge on any atom is -0.251 e. The van der Waals surface area contributed by atoms with Gasteiger partial charge in [-0.15, -0.1) is 0 Å². The Kier molecular flexibility index (Phi) is 40.9. The topological polar surface area (TPSA) is 24.7 Å². The molecule has 0 saturated heterocycles. The first kappa shape index (κ1) is 60.0. The van der Waals surface area contributed by atoms with Crippen molar-refractivity contribution in [3.8, 4) is 0 Å². The smallest absolute Gasteiger partial charge is 0.0848 e. The third-order valence-corrected chi connectivity index (χ3v) is 13.4. The van der Waals surface area contributed by atoms with E-state index in [0.29, 0.717) is 0 Å². The predicted molar refractivity (Wildman–Crippen MR) is 287 cm³/mol. The molecule has 368 valence electrons. The zero-order chi connectivity index (χ0) is 45.3. The summed E-state index contributed by atoms with van der Waals surface area (Å²) in [5, 5.41) is 0. The number of nitrogens with zero attached hydrogens (tertiary/aromatic N) is 2. The third-order valence-electron chi connectivity index (χ3n) is 13.4. The molecule has 3 heteroatoms. The first-order chi connectivity index (χ1) is 31.1. The van der Waals surface area contributed by atoms with Crippen molar-refractivity contribution in [1.29, 1.82) is 0 Å². The Bertz CT molecular complexity index is 1450. The molecule has 0 N–H and O–H groups in total. The van der Waals surface area contributed by atoms with Gasteiger partial charge in [-0.1, -0.05) is 233 Å². The summed E-state index contributed by atoms with van der Waals surface area (Å²) in [5.41, 5.74) is 10.6. The van der Waals surface area contributed by atoms with Gasteiger partial charge in [-0.25, -0.2) is 4.99 Å². The van der Waals surface area contributed by atoms with Crippen LogP contribution in [0.2, 0.25) is 0 Å². The Labute approximate surface area is 410 Å². The number of allylic oxidation sites excluding steroid dienone is 2. The van der Waals surface area contributed by atoms with E-state index in [1.54, 1.807) is 11.1 Å². The van der Waals surface area contributed by atoms with Crippen LogP contribution in [-0.2, 0) is 42.2 Å². The molecular weight excluding hydrogens is 819 g/mol. The van der Waals surface area contributed by atoms with Crippen LogP contribution in [0.15, 0.2) is 58.5 Å². The predicted octanol–water partition coefficient (Wildman–Crippen LogP) is 21.0. The van der Waals surface area contributed by atoms with E-state index in [4.69, 9.17) is 9.98 Å². The largest absolute Gasteiger partial charge is 0.251 e. The first-order valence-corrected chi connectivity index (χ1v) is 28.2. The molecule has 0 aliphatic carbocycles. The van der Waals surface area contributed by atoms with Crippen LogP contribution in [0.25, 0.3) is 0 Å². The molecule has 0 aliphatic rings. The molecule has 0 atom stereocenters. The van der Waals surface area contributed by atoms with Crippen molar-refractivity contribution in [3.05, 3.63) is 70.8 Å². The van der Waals surface area contributed by atoms with Crippen LogP contribution >= 0.6 is 0 Å². The van der Waals surface area contributed by atoms with Gasteiger partial charge >= 0.3 is 0 Å². The van der Waals surface area contributed by atoms with Crippen LogP contribution in [0.3, 0.4) is 0 Å². The van der Waals surface area contributed by atoms with Crippen LogP contribution in [0.1, 0.15) is 289 Å². The van der Waals surface area contributed by atoms with E-state index in [0.717, 1.165) is 42.8 Å². The molecule has 0 aromatic heterocycles. The Morgan fingerprint density at radius 3 is 1.09 bits per heavy atom. The fraction of sp³-hybridized carbons (Fsp3) is 0.738. The summed E-state index contributed by atoms with van der Waals surface area (Å²) < 4.78 is 0. The SMILES string of the molecule is CCCCCCCCCCCCCCCCCC=CC(=Nc1ccc(CCCCC)c(CCCCC)c1)C(CCCCCCCC)=Nc1ccc(CCCCC)c(CCCCC)c1.[Ni]. The Balaban J connectivity index is 0.0000205. The van der Waals surface area contributed by atoms with E-state index in [2.05, 4.69) is 90.1 Å². The van der Waals surface area contributed by atoms with Crippen molar-refractivity contribution in [3.63, 3.8) is 0 Å². The molecule has 2 aromatic carbocycles. The zero-order valence-electron chi connectivity index (χ0n) is 43.4. The molecule has 0 heterocycles. The van der Waals surface area contributed by atoms with Gasteiger partial charge in [-0.05, 0) is 130 Å². The van der Waals surface area contributed by atoms with Crippen molar-refractivity contribution in [2.75, 3.05) is 0 Å². The number of benzene rings is 2. The second-order valence-electron chi connectivity index (χ2n) is 19.4. The van der Waals surface area contributed by atoms with Crippen molar-refractivity contribution in [1.82, 2.24) is 0 Å². The molecule has 2 nitrogen and oxygen atoms in total. The molecule has 0 radical (unpaired) electrons. The average Bonchev–Trinajstić information content (AvgIpc) is 3.29. The molecule has 2 rings (SSSR count). The summed E-state index contributed by atoms with van der Waals surface area (Å²) in [6.07, 6.45) is 55.8. The van der Waals surface area contributed by atoms with Gasteiger partial charge in [0.05, 0.1) is 22.8 Å². The van der Waals surface area contributed by atoms with E-state index >= 15 is 0 Å². The number of hydrogen-bond acceptors (Lipinski definition) is 2. The standard InChI is InChI=1S/C61H104N2.Ni/c1-7-13-19-21-23-24-25-26-27-28-29-30-31-32-33-35-41-47-61(63-59-51-49-55(43-37-16-10-4)57(53-59)45-39-18-12-6)60(46-40-34-22-20-14-8-2)62-58-50-48-54(42-36-15-9-3)56(52-58)44-38-17-11-5;/h41,47-53H,7-40,42-46H2,1-6H3;. The zero-order valence-corrected chi connectivity index (χ0v) is 44.4. The molecule has 0 fully saturated rings. The Morgan fingerprint density at radius 1 is 0.359 bits per heavy atom. The molecule has 0 unspecified atom stereocenters. The van der Waals surface area contributed by atoms with Crippen LogP contribution in [0, 0.1) is 0 Å². The normalized spacial score (nSPS) is 12.2. The number of aliphatic imine (C=N–C) groups is 2. The van der Waals surface area contributed by atoms with Gasteiger partial charge in [-0.3, -0.25) is 4.99 Å². The van der Waals surface area contributed by atoms with Gasteiger partial charge in [0.2, 0.25) is 0 Å². The molecule has 0 aliphatic heterocycles. The van der Waals surface area contributed by atoms with E-state index < -0.39 is 0 Å². The van der Waals surface area contributed by atoms with Gasteiger partial charge in [-0.2, -0.15) is 0 Å². The molecule has 0 bridgehead atoms. The van der Waals surface area contributed by atoms with Gasteiger partial charge < -0.3 is 0 Å². The third kappa shape index (κ3) is 30.3. The molecule has 0 saturated carbocycles. The van der Waals surface area contributed by atoms with Gasteiger partial charge in [0.1, 0.15) is 0 Å². The fourth-order valence-electron chi connectivity index (χ4n) is 9.21. The van der Waals surface area contributed by atoms with Gasteiger partial charge in [0, 0.05) is 16.5 Å². The molecular formula is C61H104N2Ni. The van der Waals surface area contributed by atoms with Crippen molar-refractivity contribution in [2.45, 2.75) is 292 Å². The van der Waals surface area contributed by atoms with Crippen LogP contribution in [-0.4, -0.2) is 11.4 Å². The molecule has 0 spiro atoms. The maximum atomic E-state index is 5.60. The first-order valence-electron chi connectivity index (χ1n) is 28.2. The van der Waals surface area contributed by atoms with Gasteiger partial charge in [0.15, 0.2) is 0 Å². The van der Waals surface area contributed by atoms with Crippen molar-refractivity contribution in [2.24, 2.45) is 9.98 Å². The second-order valence-corrected chi connectivity index (χ2v) is 19.4. The summed E-state index contributed by atoms with van der Waals surface area (Å²) in [6, 6.07) is 14.4. The summed E-state index contributed by atoms with van der Waals surface area (Å²) in [7, 11) is 0. The fourth-order valence-corrected chi connectivity index (χ4v) is 9.21. The second kappa shape index (κ2) is 43.6. The number of hydrogen-bond donors (Lipinski definition) is 0. The van der Waals surface area contributed by atoms with E-state index in [1.807, 2.05) is 0 Å². The van der Waals surface area contributed by atoms with Crippen LogP contribution in [0.5, 0.6) is 0 Å². The maximum Gasteiger partial charge on any atom is 0.0848 e. The van der Waals surface area contributed by atoms with Crippen LogP contribution in [0.4, 0.5) is 11.4 Å². The number of aryl methyl sites for hydroxylation is 4. The monoisotopic (exact) mass is 923 g/mol. The molecule has 64 heavy (non-hydrogen) atoms. The molecule has 2 aromatic rings. The summed E-state index contributed by atoms with van der Waals surface area (Å²) in [4.78, 5) is 11.2. The molecule has 0 amide bonds. The van der Waals surface area contributed by atoms with E-state index in [-0.39, 0.29) is 16.5 Å². The number of rotatable bonds is 43. The summed E-state index contributed by atoms with van der Waals surface area (Å²) in [6.45, 7) is 13.9. The van der Waals surface area contributed by atoms with Crippen molar-refractivity contribution < 1.29 is 16.5 Å². The summed E-state index contributed by atoms with van der Waals surface area (Å²) in [5.74, 6) is 0. The maximum absolute atomic E-state index is 5.60.